The van der Waals surface area contributed by atoms with Crippen molar-refractivity contribution in [2.75, 3.05) is 18.0 Å². The first-order chi connectivity index (χ1) is 11.7. The van der Waals surface area contributed by atoms with E-state index >= 15 is 0 Å². The molecule has 0 aliphatic carbocycles. The van der Waals surface area contributed by atoms with Gasteiger partial charge in [0.15, 0.2) is 0 Å². The highest BCUT2D eigenvalue weighted by Crippen LogP contribution is 2.54. The zero-order valence-corrected chi connectivity index (χ0v) is 14.7. The fraction of sp³-hybridized carbons (Fsp3) is 0.316. The van der Waals surface area contributed by atoms with Crippen LogP contribution in [-0.4, -0.2) is 23.9 Å². The number of halogens is 1. The Hall–Kier alpha value is -1.65. The number of rotatable bonds is 1. The van der Waals surface area contributed by atoms with Crippen LogP contribution in [0.3, 0.4) is 0 Å². The van der Waals surface area contributed by atoms with E-state index < -0.39 is 0 Å². The molecule has 24 heavy (non-hydrogen) atoms. The monoisotopic (exact) mass is 356 g/mol. The Labute approximate surface area is 150 Å². The Kier molecular flexibility index (Phi) is 3.32. The van der Waals surface area contributed by atoms with Crippen molar-refractivity contribution in [1.82, 2.24) is 4.90 Å². The first kappa shape index (κ1) is 14.7. The van der Waals surface area contributed by atoms with Crippen molar-refractivity contribution in [1.29, 1.82) is 0 Å². The lowest BCUT2D eigenvalue weighted by Gasteiger charge is -2.43. The summed E-state index contributed by atoms with van der Waals surface area (Å²) in [5, 5.41) is 0.770. The molecular weight excluding hydrogens is 340 g/mol. The van der Waals surface area contributed by atoms with Gasteiger partial charge in [-0.05, 0) is 42.7 Å². The fourth-order valence-electron chi connectivity index (χ4n) is 4.17. The van der Waals surface area contributed by atoms with Gasteiger partial charge in [0.2, 0.25) is 5.91 Å². The Morgan fingerprint density at radius 3 is 2.88 bits per heavy atom. The van der Waals surface area contributed by atoms with E-state index in [9.17, 15) is 4.79 Å². The maximum absolute atomic E-state index is 12.3. The van der Waals surface area contributed by atoms with Crippen molar-refractivity contribution < 1.29 is 4.79 Å². The van der Waals surface area contributed by atoms with Crippen LogP contribution >= 0.6 is 23.4 Å². The number of para-hydroxylation sites is 1. The topological polar surface area (TPSA) is 23.6 Å². The number of benzene rings is 2. The molecule has 0 N–H and O–H groups in total. The van der Waals surface area contributed by atoms with E-state index in [0.717, 1.165) is 31.0 Å². The van der Waals surface area contributed by atoms with E-state index in [0.29, 0.717) is 12.3 Å². The minimum Gasteiger partial charge on any atom is -0.339 e. The van der Waals surface area contributed by atoms with E-state index in [-0.39, 0.29) is 6.04 Å². The first-order valence-corrected chi connectivity index (χ1v) is 9.59. The highest BCUT2D eigenvalue weighted by molar-refractivity contribution is 7.99. The summed E-state index contributed by atoms with van der Waals surface area (Å²) in [6, 6.07) is 12.8. The maximum atomic E-state index is 12.3. The van der Waals surface area contributed by atoms with Gasteiger partial charge in [-0.2, -0.15) is 0 Å². The number of carbonyl (C=O) groups excluding carboxylic acids is 1. The maximum Gasteiger partial charge on any atom is 0.223 e. The molecule has 0 aromatic heterocycles. The zero-order valence-electron chi connectivity index (χ0n) is 13.2. The third kappa shape index (κ3) is 2.09. The van der Waals surface area contributed by atoms with Gasteiger partial charge in [0.25, 0.3) is 0 Å². The summed E-state index contributed by atoms with van der Waals surface area (Å²) in [5.41, 5.74) is 3.75. The van der Waals surface area contributed by atoms with Crippen LogP contribution in [0.25, 0.3) is 0 Å². The largest absolute Gasteiger partial charge is 0.339 e. The molecule has 0 spiro atoms. The average Bonchev–Trinajstić information content (AvgIpc) is 3.02. The van der Waals surface area contributed by atoms with Gasteiger partial charge < -0.3 is 9.80 Å². The molecule has 0 saturated carbocycles. The van der Waals surface area contributed by atoms with Gasteiger partial charge in [0, 0.05) is 34.3 Å². The van der Waals surface area contributed by atoms with Crippen molar-refractivity contribution in [2.45, 2.75) is 35.1 Å². The van der Waals surface area contributed by atoms with Gasteiger partial charge in [0.1, 0.15) is 0 Å². The van der Waals surface area contributed by atoms with Gasteiger partial charge >= 0.3 is 0 Å². The molecular formula is C19H17ClN2OS. The predicted molar refractivity (Wildman–Crippen MR) is 97.3 cm³/mol. The Morgan fingerprint density at radius 2 is 2.04 bits per heavy atom. The molecule has 3 aliphatic heterocycles. The number of anilines is 2. The third-order valence-corrected chi connectivity index (χ3v) is 6.55. The van der Waals surface area contributed by atoms with Crippen LogP contribution in [-0.2, 0) is 4.79 Å². The minimum absolute atomic E-state index is 0.215. The zero-order chi connectivity index (χ0) is 16.3. The molecule has 1 saturated heterocycles. The second-order valence-electron chi connectivity index (χ2n) is 6.55. The first-order valence-electron chi connectivity index (χ1n) is 8.40. The second-order valence-corrected chi connectivity index (χ2v) is 8.08. The molecule has 1 atom stereocenters. The fourth-order valence-corrected chi connectivity index (χ4v) is 5.45. The molecule has 1 unspecified atom stereocenters. The molecule has 3 heterocycles. The smallest absolute Gasteiger partial charge is 0.223 e. The van der Waals surface area contributed by atoms with Crippen molar-refractivity contribution in [3.8, 4) is 0 Å². The van der Waals surface area contributed by atoms with Gasteiger partial charge in [-0.15, -0.1) is 0 Å². The molecule has 2 aromatic carbocycles. The van der Waals surface area contributed by atoms with Gasteiger partial charge in [-0.3, -0.25) is 4.79 Å². The van der Waals surface area contributed by atoms with E-state index in [1.165, 1.54) is 26.7 Å². The van der Waals surface area contributed by atoms with Gasteiger partial charge in [0.05, 0.1) is 17.4 Å². The number of likely N-dealkylation sites (tertiary alicyclic amines) is 1. The van der Waals surface area contributed by atoms with E-state index in [1.807, 2.05) is 6.07 Å². The number of amides is 1. The van der Waals surface area contributed by atoms with Crippen molar-refractivity contribution in [3.63, 3.8) is 0 Å². The highest BCUT2D eigenvalue weighted by Gasteiger charge is 2.37. The van der Waals surface area contributed by atoms with Crippen LogP contribution in [0.1, 0.15) is 30.9 Å². The molecule has 5 heteroatoms. The van der Waals surface area contributed by atoms with Crippen molar-refractivity contribution in [3.05, 3.63) is 47.0 Å². The van der Waals surface area contributed by atoms with Crippen LogP contribution in [0, 0.1) is 0 Å². The van der Waals surface area contributed by atoms with Gasteiger partial charge in [-0.25, -0.2) is 0 Å². The van der Waals surface area contributed by atoms with Crippen LogP contribution in [0.2, 0.25) is 5.02 Å². The summed E-state index contributed by atoms with van der Waals surface area (Å²) in [5.74, 6) is 0.304. The Bertz CT molecular complexity index is 853. The Morgan fingerprint density at radius 1 is 1.12 bits per heavy atom. The molecule has 3 nitrogen and oxygen atoms in total. The Balaban J connectivity index is 1.64. The third-order valence-electron chi connectivity index (χ3n) is 5.20. The van der Waals surface area contributed by atoms with Gasteiger partial charge in [-0.1, -0.05) is 35.5 Å². The lowest BCUT2D eigenvalue weighted by Crippen LogP contribution is -2.38. The van der Waals surface area contributed by atoms with E-state index in [4.69, 9.17) is 11.6 Å². The number of fused-ring (bicyclic) bond motifs is 2. The lowest BCUT2D eigenvalue weighted by atomic mass is 9.94. The summed E-state index contributed by atoms with van der Waals surface area (Å²) < 4.78 is 0. The molecule has 0 radical (unpaired) electrons. The number of hydrogen-bond acceptors (Lipinski definition) is 3. The molecule has 5 rings (SSSR count). The molecule has 0 bridgehead atoms. The second kappa shape index (κ2) is 5.43. The normalized spacial score (nSPS) is 21.7. The molecule has 1 amide bonds. The highest BCUT2D eigenvalue weighted by atomic mass is 35.5. The van der Waals surface area contributed by atoms with Crippen LogP contribution in [0.4, 0.5) is 11.4 Å². The van der Waals surface area contributed by atoms with Crippen LogP contribution < -0.4 is 4.90 Å². The summed E-state index contributed by atoms with van der Waals surface area (Å²) in [4.78, 5) is 19.3. The molecule has 2 aromatic rings. The summed E-state index contributed by atoms with van der Waals surface area (Å²) in [6.07, 6.45) is 2.66. The van der Waals surface area contributed by atoms with Crippen molar-refractivity contribution >= 4 is 40.6 Å². The molecule has 122 valence electrons. The quantitative estimate of drug-likeness (QED) is 0.717. The predicted octanol–water partition coefficient (Wildman–Crippen LogP) is 5.01. The SMILES string of the molecule is O=C1CCCN1C1CCN2c3cc(Cl)ccc3Sc3cccc1c32. The summed E-state index contributed by atoms with van der Waals surface area (Å²) in [6.45, 7) is 1.81. The van der Waals surface area contributed by atoms with Crippen LogP contribution in [0.5, 0.6) is 0 Å². The lowest BCUT2D eigenvalue weighted by molar-refractivity contribution is -0.129. The number of hydrogen-bond donors (Lipinski definition) is 0. The molecule has 1 fully saturated rings. The average molecular weight is 357 g/mol. The minimum atomic E-state index is 0.215. The van der Waals surface area contributed by atoms with E-state index in [2.05, 4.69) is 40.1 Å². The number of nitrogens with zero attached hydrogens (tertiary/aromatic N) is 2. The standard InChI is InChI=1S/C19H17ClN2OS/c20-12-6-7-16-15(11-12)22-10-8-14(21-9-2-5-18(21)23)13-3-1-4-17(24-16)19(13)22/h1,3-4,6-7,11,14H,2,5,8-10H2. The van der Waals surface area contributed by atoms with E-state index in [1.54, 1.807) is 11.8 Å². The summed E-state index contributed by atoms with van der Waals surface area (Å²) in [7, 11) is 0. The van der Waals surface area contributed by atoms with Crippen molar-refractivity contribution in [2.24, 2.45) is 0 Å². The number of carbonyl (C=O) groups is 1. The molecule has 3 aliphatic rings. The summed E-state index contributed by atoms with van der Waals surface area (Å²) >= 11 is 8.05. The van der Waals surface area contributed by atoms with Crippen LogP contribution in [0.15, 0.2) is 46.2 Å².